The van der Waals surface area contributed by atoms with Crippen molar-refractivity contribution in [3.8, 4) is 0 Å². The Labute approximate surface area is 111 Å². The van der Waals surface area contributed by atoms with Gasteiger partial charge in [0.25, 0.3) is 0 Å². The summed E-state index contributed by atoms with van der Waals surface area (Å²) in [6.45, 7) is 2.22. The van der Waals surface area contributed by atoms with Crippen LogP contribution in [0, 0.1) is 0 Å². The zero-order valence-electron chi connectivity index (χ0n) is 10.1. The Morgan fingerprint density at radius 3 is 2.67 bits per heavy atom. The summed E-state index contributed by atoms with van der Waals surface area (Å²) in [5, 5.41) is 1.15. The molecule has 2 rings (SSSR count). The van der Waals surface area contributed by atoms with Gasteiger partial charge in [-0.2, -0.15) is 0 Å². The Morgan fingerprint density at radius 2 is 2.00 bits per heavy atom. The number of fused-ring (bicyclic) bond motifs is 1. The molecule has 0 saturated carbocycles. The normalized spacial score (nSPS) is 12.2. The molecule has 0 amide bonds. The number of benzene rings is 1. The van der Waals surface area contributed by atoms with Crippen LogP contribution in [-0.4, -0.2) is 31.3 Å². The van der Waals surface area contributed by atoms with Gasteiger partial charge in [-0.3, -0.25) is 0 Å². The van der Waals surface area contributed by atoms with Gasteiger partial charge in [0.2, 0.25) is 10.0 Å². The highest BCUT2D eigenvalue weighted by molar-refractivity contribution is 7.89. The lowest BCUT2D eigenvalue weighted by Gasteiger charge is -2.15. The fourth-order valence-corrected chi connectivity index (χ4v) is 2.96. The maximum Gasteiger partial charge on any atom is 0.242 e. The molecule has 18 heavy (non-hydrogen) atoms. The van der Waals surface area contributed by atoms with E-state index in [0.29, 0.717) is 17.2 Å². The average molecular weight is 285 g/mol. The molecule has 4 nitrogen and oxygen atoms in total. The summed E-state index contributed by atoms with van der Waals surface area (Å²) in [7, 11) is -1.86. The van der Waals surface area contributed by atoms with E-state index in [2.05, 4.69) is 4.98 Å². The van der Waals surface area contributed by atoms with Gasteiger partial charge >= 0.3 is 0 Å². The highest BCUT2D eigenvalue weighted by Gasteiger charge is 2.19. The van der Waals surface area contributed by atoms with Crippen molar-refractivity contribution in [2.75, 3.05) is 13.6 Å². The molecule has 6 heteroatoms. The van der Waals surface area contributed by atoms with Gasteiger partial charge in [0.05, 0.1) is 10.4 Å². The van der Waals surface area contributed by atoms with Crippen LogP contribution in [0.4, 0.5) is 0 Å². The number of aromatic nitrogens is 1. The molecule has 0 aliphatic rings. The van der Waals surface area contributed by atoms with Crippen molar-refractivity contribution in [3.63, 3.8) is 0 Å². The summed E-state index contributed by atoms with van der Waals surface area (Å²) in [4.78, 5) is 4.39. The number of hydrogen-bond acceptors (Lipinski definition) is 3. The summed E-state index contributed by atoms with van der Waals surface area (Å²) in [6.07, 6.45) is 0. The smallest absolute Gasteiger partial charge is 0.236 e. The molecular formula is C12H13ClN2O2S. The van der Waals surface area contributed by atoms with Crippen LogP contribution in [0.5, 0.6) is 0 Å². The molecule has 96 valence electrons. The third-order valence-electron chi connectivity index (χ3n) is 2.78. The lowest BCUT2D eigenvalue weighted by atomic mass is 10.2. The lowest BCUT2D eigenvalue weighted by Crippen LogP contribution is -2.26. The fourth-order valence-electron chi connectivity index (χ4n) is 1.59. The molecule has 0 fully saturated rings. The van der Waals surface area contributed by atoms with Gasteiger partial charge < -0.3 is 0 Å². The van der Waals surface area contributed by atoms with E-state index in [1.54, 1.807) is 44.3 Å². The molecular weight excluding hydrogens is 272 g/mol. The van der Waals surface area contributed by atoms with Gasteiger partial charge in [0, 0.05) is 19.0 Å². The van der Waals surface area contributed by atoms with Crippen molar-refractivity contribution in [1.82, 2.24) is 9.29 Å². The number of sulfonamides is 1. The van der Waals surface area contributed by atoms with E-state index in [-0.39, 0.29) is 4.90 Å². The summed E-state index contributed by atoms with van der Waals surface area (Å²) >= 11 is 5.78. The summed E-state index contributed by atoms with van der Waals surface area (Å²) in [5.74, 6) is 0. The van der Waals surface area contributed by atoms with Crippen LogP contribution < -0.4 is 0 Å². The third kappa shape index (κ3) is 2.34. The lowest BCUT2D eigenvalue weighted by molar-refractivity contribution is 0.486. The van der Waals surface area contributed by atoms with E-state index >= 15 is 0 Å². The number of halogens is 1. The first-order chi connectivity index (χ1) is 8.45. The number of rotatable bonds is 3. The zero-order valence-corrected chi connectivity index (χ0v) is 11.7. The Hall–Kier alpha value is -1.17. The van der Waals surface area contributed by atoms with Gasteiger partial charge in [-0.15, -0.1) is 0 Å². The molecule has 0 atom stereocenters. The van der Waals surface area contributed by atoms with Gasteiger partial charge in [-0.05, 0) is 30.3 Å². The average Bonchev–Trinajstić information content (AvgIpc) is 2.36. The van der Waals surface area contributed by atoms with Crippen LogP contribution in [0.2, 0.25) is 5.15 Å². The van der Waals surface area contributed by atoms with Crippen LogP contribution in [0.25, 0.3) is 10.9 Å². The van der Waals surface area contributed by atoms with E-state index in [1.807, 2.05) is 0 Å². The van der Waals surface area contributed by atoms with Crippen LogP contribution in [-0.2, 0) is 10.0 Å². The van der Waals surface area contributed by atoms with E-state index in [1.165, 1.54) is 4.31 Å². The van der Waals surface area contributed by atoms with E-state index in [0.717, 1.165) is 5.39 Å². The largest absolute Gasteiger partial charge is 0.242 e. The molecule has 1 aromatic heterocycles. The van der Waals surface area contributed by atoms with Gasteiger partial charge in [0.15, 0.2) is 0 Å². The molecule has 0 bridgehead atoms. The maximum atomic E-state index is 12.2. The monoisotopic (exact) mass is 284 g/mol. The predicted molar refractivity (Wildman–Crippen MR) is 72.2 cm³/mol. The van der Waals surface area contributed by atoms with Crippen molar-refractivity contribution >= 4 is 32.5 Å². The molecule has 1 aromatic carbocycles. The Morgan fingerprint density at radius 1 is 1.28 bits per heavy atom. The highest BCUT2D eigenvalue weighted by atomic mass is 35.5. The first-order valence-electron chi connectivity index (χ1n) is 5.48. The van der Waals surface area contributed by atoms with Crippen molar-refractivity contribution in [2.45, 2.75) is 11.8 Å². The summed E-state index contributed by atoms with van der Waals surface area (Å²) in [5.41, 5.74) is 0.681. The number of nitrogens with zero attached hydrogens (tertiary/aromatic N) is 2. The second-order valence-corrected chi connectivity index (χ2v) is 6.34. The molecule has 0 unspecified atom stereocenters. The molecule has 0 radical (unpaired) electrons. The van der Waals surface area contributed by atoms with Crippen LogP contribution >= 0.6 is 11.6 Å². The first kappa shape index (κ1) is 13.3. The zero-order chi connectivity index (χ0) is 13.3. The second-order valence-electron chi connectivity index (χ2n) is 3.91. The quantitative estimate of drug-likeness (QED) is 0.814. The number of pyridine rings is 1. The Kier molecular flexibility index (Phi) is 3.56. The van der Waals surface area contributed by atoms with Gasteiger partial charge in [0.1, 0.15) is 5.15 Å². The standard InChI is InChI=1S/C12H13ClN2O2S/c1-3-15(2)18(16,17)10-5-6-11-9(8-10)4-7-12(13)14-11/h4-8H,3H2,1-2H3. The minimum Gasteiger partial charge on any atom is -0.236 e. The molecule has 0 spiro atoms. The molecule has 0 saturated heterocycles. The van der Waals surface area contributed by atoms with Crippen molar-refractivity contribution in [2.24, 2.45) is 0 Å². The van der Waals surface area contributed by atoms with Gasteiger partial charge in [-0.25, -0.2) is 17.7 Å². The van der Waals surface area contributed by atoms with E-state index < -0.39 is 10.0 Å². The molecule has 0 aliphatic heterocycles. The summed E-state index contributed by atoms with van der Waals surface area (Å²) < 4.78 is 25.6. The number of hydrogen-bond donors (Lipinski definition) is 0. The van der Waals surface area contributed by atoms with Crippen molar-refractivity contribution in [1.29, 1.82) is 0 Å². The third-order valence-corrected chi connectivity index (χ3v) is 4.92. The van der Waals surface area contributed by atoms with Crippen molar-refractivity contribution in [3.05, 3.63) is 35.5 Å². The Balaban J connectivity index is 2.58. The topological polar surface area (TPSA) is 50.3 Å². The van der Waals surface area contributed by atoms with Crippen LogP contribution in [0.1, 0.15) is 6.92 Å². The van der Waals surface area contributed by atoms with Crippen molar-refractivity contribution < 1.29 is 8.42 Å². The molecule has 0 N–H and O–H groups in total. The van der Waals surface area contributed by atoms with E-state index in [9.17, 15) is 8.42 Å². The van der Waals surface area contributed by atoms with Crippen LogP contribution in [0.15, 0.2) is 35.2 Å². The first-order valence-corrected chi connectivity index (χ1v) is 7.29. The van der Waals surface area contributed by atoms with Gasteiger partial charge in [-0.1, -0.05) is 18.5 Å². The fraction of sp³-hybridized carbons (Fsp3) is 0.250. The molecule has 2 aromatic rings. The highest BCUT2D eigenvalue weighted by Crippen LogP contribution is 2.21. The summed E-state index contributed by atoms with van der Waals surface area (Å²) in [6, 6.07) is 8.23. The molecule has 0 aliphatic carbocycles. The maximum absolute atomic E-state index is 12.2. The SMILES string of the molecule is CCN(C)S(=O)(=O)c1ccc2nc(Cl)ccc2c1. The minimum atomic E-state index is -3.42. The Bertz CT molecular complexity index is 686. The van der Waals surface area contributed by atoms with Crippen LogP contribution in [0.3, 0.4) is 0 Å². The second kappa shape index (κ2) is 4.84. The van der Waals surface area contributed by atoms with E-state index in [4.69, 9.17) is 11.6 Å². The molecule has 1 heterocycles. The predicted octanol–water partition coefficient (Wildman–Crippen LogP) is 2.53. The minimum absolute atomic E-state index is 0.267.